The monoisotopic (exact) mass is 445 g/mol. The van der Waals surface area contributed by atoms with Gasteiger partial charge in [-0.05, 0) is 42.8 Å². The highest BCUT2D eigenvalue weighted by molar-refractivity contribution is 7.89. The number of carbonyl (C=O) groups is 2. The third kappa shape index (κ3) is 4.72. The van der Waals surface area contributed by atoms with Crippen LogP contribution in [0.25, 0.3) is 0 Å². The van der Waals surface area contributed by atoms with Gasteiger partial charge < -0.3 is 15.0 Å². The molecular formula is C22H27N3O5S. The van der Waals surface area contributed by atoms with Crippen LogP contribution in [0.5, 0.6) is 5.75 Å². The van der Waals surface area contributed by atoms with Crippen molar-refractivity contribution < 1.29 is 22.7 Å². The third-order valence-electron chi connectivity index (χ3n) is 5.07. The maximum atomic E-state index is 12.6. The first kappa shape index (κ1) is 22.8. The number of ether oxygens (including phenoxy) is 1. The molecule has 1 heterocycles. The number of hydrogen-bond donors (Lipinski definition) is 1. The van der Waals surface area contributed by atoms with Gasteiger partial charge in [0.1, 0.15) is 5.75 Å². The molecule has 1 aliphatic rings. The standard InChI is InChI=1S/C22H27N3O5S/c1-4-13-25-19-12-9-17(14-20(19)30-15-21(25)26)23-22(27)16-7-10-18(11-8-16)31(28,29)24(5-2)6-3/h7-12,14H,4-6,13,15H2,1-3H3,(H,23,27). The fourth-order valence-electron chi connectivity index (χ4n) is 3.45. The highest BCUT2D eigenvalue weighted by Gasteiger charge is 2.25. The number of amides is 2. The predicted molar refractivity (Wildman–Crippen MR) is 119 cm³/mol. The van der Waals surface area contributed by atoms with Gasteiger partial charge in [0.05, 0.1) is 10.6 Å². The van der Waals surface area contributed by atoms with Crippen LogP contribution in [0, 0.1) is 0 Å². The molecule has 2 aromatic carbocycles. The Morgan fingerprint density at radius 2 is 1.77 bits per heavy atom. The molecule has 0 radical (unpaired) electrons. The SMILES string of the molecule is CCCN1C(=O)COc2cc(NC(=O)c3ccc(S(=O)(=O)N(CC)CC)cc3)ccc21. The molecule has 31 heavy (non-hydrogen) atoms. The van der Waals surface area contributed by atoms with E-state index in [1.165, 1.54) is 28.6 Å². The number of hydrogen-bond acceptors (Lipinski definition) is 5. The maximum absolute atomic E-state index is 12.6. The second-order valence-electron chi connectivity index (χ2n) is 7.08. The zero-order chi connectivity index (χ0) is 22.6. The van der Waals surface area contributed by atoms with Gasteiger partial charge in [-0.15, -0.1) is 0 Å². The molecule has 2 aromatic rings. The van der Waals surface area contributed by atoms with Crippen LogP contribution in [0.2, 0.25) is 0 Å². The van der Waals surface area contributed by atoms with Gasteiger partial charge in [0.15, 0.2) is 6.61 Å². The number of anilines is 2. The van der Waals surface area contributed by atoms with Crippen molar-refractivity contribution in [2.75, 3.05) is 36.5 Å². The number of sulfonamides is 1. The second kappa shape index (κ2) is 9.49. The zero-order valence-corrected chi connectivity index (χ0v) is 18.7. The molecule has 0 aliphatic carbocycles. The van der Waals surface area contributed by atoms with Crippen molar-refractivity contribution in [2.45, 2.75) is 32.1 Å². The molecule has 1 aliphatic heterocycles. The molecule has 2 amide bonds. The molecule has 0 unspecified atom stereocenters. The fraction of sp³-hybridized carbons (Fsp3) is 0.364. The lowest BCUT2D eigenvalue weighted by molar-refractivity contribution is -0.121. The molecule has 9 heteroatoms. The predicted octanol–water partition coefficient (Wildman–Crippen LogP) is 3.10. The van der Waals surface area contributed by atoms with E-state index in [1.807, 2.05) is 6.92 Å². The van der Waals surface area contributed by atoms with Crippen LogP contribution in [0.15, 0.2) is 47.4 Å². The molecular weight excluding hydrogens is 418 g/mol. The van der Waals surface area contributed by atoms with E-state index in [1.54, 1.807) is 36.9 Å². The minimum atomic E-state index is -3.57. The van der Waals surface area contributed by atoms with E-state index in [2.05, 4.69) is 5.32 Å². The Morgan fingerprint density at radius 3 is 2.39 bits per heavy atom. The summed E-state index contributed by atoms with van der Waals surface area (Å²) < 4.78 is 32.1. The smallest absolute Gasteiger partial charge is 0.265 e. The summed E-state index contributed by atoms with van der Waals surface area (Å²) in [5, 5.41) is 2.79. The molecule has 0 aromatic heterocycles. The fourth-order valence-corrected chi connectivity index (χ4v) is 4.90. The average Bonchev–Trinajstić information content (AvgIpc) is 2.76. The third-order valence-corrected chi connectivity index (χ3v) is 7.13. The molecule has 0 atom stereocenters. The minimum Gasteiger partial charge on any atom is -0.481 e. The Kier molecular flexibility index (Phi) is 6.97. The lowest BCUT2D eigenvalue weighted by Gasteiger charge is -2.29. The summed E-state index contributed by atoms with van der Waals surface area (Å²) in [5.41, 5.74) is 1.54. The number of rotatable bonds is 8. The first-order valence-corrected chi connectivity index (χ1v) is 11.7. The first-order valence-electron chi connectivity index (χ1n) is 10.3. The number of benzene rings is 2. The normalized spacial score (nSPS) is 13.7. The van der Waals surface area contributed by atoms with E-state index in [-0.39, 0.29) is 23.3 Å². The van der Waals surface area contributed by atoms with E-state index in [9.17, 15) is 18.0 Å². The molecule has 166 valence electrons. The van der Waals surface area contributed by atoms with Crippen molar-refractivity contribution >= 4 is 33.2 Å². The lowest BCUT2D eigenvalue weighted by atomic mass is 10.1. The summed E-state index contributed by atoms with van der Waals surface area (Å²) in [5.74, 6) is 0.0708. The molecule has 3 rings (SSSR count). The summed E-state index contributed by atoms with van der Waals surface area (Å²) in [7, 11) is -3.57. The minimum absolute atomic E-state index is 0.0348. The molecule has 0 saturated heterocycles. The first-order chi connectivity index (χ1) is 14.8. The average molecular weight is 446 g/mol. The van der Waals surface area contributed by atoms with Crippen molar-refractivity contribution in [3.05, 3.63) is 48.0 Å². The molecule has 0 bridgehead atoms. The van der Waals surface area contributed by atoms with Crippen molar-refractivity contribution in [1.82, 2.24) is 4.31 Å². The Morgan fingerprint density at radius 1 is 1.10 bits per heavy atom. The van der Waals surface area contributed by atoms with Gasteiger partial charge in [0.25, 0.3) is 11.8 Å². The van der Waals surface area contributed by atoms with E-state index in [0.29, 0.717) is 42.3 Å². The quantitative estimate of drug-likeness (QED) is 0.674. The van der Waals surface area contributed by atoms with Crippen LogP contribution in [0.4, 0.5) is 11.4 Å². The molecule has 0 fully saturated rings. The Bertz CT molecular complexity index is 1060. The van der Waals surface area contributed by atoms with E-state index in [4.69, 9.17) is 4.74 Å². The molecule has 0 saturated carbocycles. The van der Waals surface area contributed by atoms with Gasteiger partial charge in [0, 0.05) is 37.0 Å². The van der Waals surface area contributed by atoms with E-state index in [0.717, 1.165) is 6.42 Å². The summed E-state index contributed by atoms with van der Waals surface area (Å²) in [6.07, 6.45) is 0.823. The second-order valence-corrected chi connectivity index (χ2v) is 9.02. The number of nitrogens with one attached hydrogen (secondary N) is 1. The van der Waals surface area contributed by atoms with Crippen LogP contribution < -0.4 is 15.0 Å². The van der Waals surface area contributed by atoms with E-state index < -0.39 is 10.0 Å². The van der Waals surface area contributed by atoms with Gasteiger partial charge in [-0.25, -0.2) is 8.42 Å². The summed E-state index contributed by atoms with van der Waals surface area (Å²) in [4.78, 5) is 26.5. The van der Waals surface area contributed by atoms with Gasteiger partial charge in [-0.3, -0.25) is 9.59 Å². The van der Waals surface area contributed by atoms with Gasteiger partial charge >= 0.3 is 0 Å². The van der Waals surface area contributed by atoms with Crippen LogP contribution >= 0.6 is 0 Å². The Balaban J connectivity index is 1.76. The van der Waals surface area contributed by atoms with Crippen molar-refractivity contribution in [3.8, 4) is 5.75 Å². The molecule has 8 nitrogen and oxygen atoms in total. The molecule has 1 N–H and O–H groups in total. The number of carbonyl (C=O) groups excluding carboxylic acids is 2. The largest absolute Gasteiger partial charge is 0.481 e. The van der Waals surface area contributed by atoms with Gasteiger partial charge in [-0.2, -0.15) is 4.31 Å². The van der Waals surface area contributed by atoms with Crippen LogP contribution in [0.3, 0.4) is 0 Å². The van der Waals surface area contributed by atoms with Crippen molar-refractivity contribution in [1.29, 1.82) is 0 Å². The van der Waals surface area contributed by atoms with Gasteiger partial charge in [0.2, 0.25) is 10.0 Å². The number of fused-ring (bicyclic) bond motifs is 1. The highest BCUT2D eigenvalue weighted by atomic mass is 32.2. The Hall–Kier alpha value is -2.91. The topological polar surface area (TPSA) is 96.0 Å². The lowest BCUT2D eigenvalue weighted by Crippen LogP contribution is -2.39. The summed E-state index contributed by atoms with van der Waals surface area (Å²) in [6, 6.07) is 11.0. The van der Waals surface area contributed by atoms with Crippen LogP contribution in [-0.2, 0) is 14.8 Å². The molecule has 0 spiro atoms. The summed E-state index contributed by atoms with van der Waals surface area (Å²) in [6.45, 7) is 6.88. The van der Waals surface area contributed by atoms with Gasteiger partial charge in [-0.1, -0.05) is 20.8 Å². The van der Waals surface area contributed by atoms with Crippen molar-refractivity contribution in [2.24, 2.45) is 0 Å². The zero-order valence-electron chi connectivity index (χ0n) is 17.9. The van der Waals surface area contributed by atoms with Crippen LogP contribution in [-0.4, -0.2) is 50.8 Å². The maximum Gasteiger partial charge on any atom is 0.265 e. The highest BCUT2D eigenvalue weighted by Crippen LogP contribution is 2.34. The summed E-state index contributed by atoms with van der Waals surface area (Å²) >= 11 is 0. The Labute approximate surface area is 182 Å². The van der Waals surface area contributed by atoms with E-state index >= 15 is 0 Å². The van der Waals surface area contributed by atoms with Crippen LogP contribution in [0.1, 0.15) is 37.6 Å². The number of nitrogens with zero attached hydrogens (tertiary/aromatic N) is 2. The van der Waals surface area contributed by atoms with Crippen molar-refractivity contribution in [3.63, 3.8) is 0 Å².